The molecule has 2 aliphatic rings. The molecule has 10 nitrogen and oxygen atoms in total. The number of halogens is 4. The van der Waals surface area contributed by atoms with E-state index in [1.807, 2.05) is 0 Å². The van der Waals surface area contributed by atoms with E-state index in [0.29, 0.717) is 17.7 Å². The highest BCUT2D eigenvalue weighted by Gasteiger charge is 2.36. The van der Waals surface area contributed by atoms with Gasteiger partial charge in [-0.3, -0.25) is 14.3 Å². The van der Waals surface area contributed by atoms with Gasteiger partial charge in [-0.2, -0.15) is 18.3 Å². The maximum atomic E-state index is 13.6. The van der Waals surface area contributed by atoms with Crippen LogP contribution in [0.15, 0.2) is 18.2 Å². The number of benzene rings is 1. The van der Waals surface area contributed by atoms with Crippen molar-refractivity contribution in [1.82, 2.24) is 19.7 Å². The van der Waals surface area contributed by atoms with Crippen LogP contribution in [-0.2, 0) is 29.1 Å². The maximum Gasteiger partial charge on any atom is 0.411 e. The number of fused-ring (bicyclic) bond motifs is 3. The monoisotopic (exact) mass is 496 g/mol. The van der Waals surface area contributed by atoms with Crippen LogP contribution in [0.2, 0.25) is 0 Å². The fraction of sp³-hybridized carbons (Fsp3) is 0.429. The number of nitrogens with zero attached hydrogens (tertiary/aromatic N) is 5. The second-order valence-corrected chi connectivity index (χ2v) is 8.00. The Morgan fingerprint density at radius 3 is 2.89 bits per heavy atom. The average Bonchev–Trinajstić information content (AvgIpc) is 3.10. The lowest BCUT2D eigenvalue weighted by Gasteiger charge is -2.27. The minimum atomic E-state index is -4.49. The molecule has 1 aromatic heterocycles. The highest BCUT2D eigenvalue weighted by molar-refractivity contribution is 5.94. The number of hydrogen-bond acceptors (Lipinski definition) is 5. The molecule has 3 heterocycles. The Kier molecular flexibility index (Phi) is 6.64. The largest absolute Gasteiger partial charge is 0.411 e. The molecule has 0 saturated carbocycles. The van der Waals surface area contributed by atoms with Gasteiger partial charge in [-0.1, -0.05) is 0 Å². The molecule has 14 heteroatoms. The van der Waals surface area contributed by atoms with E-state index in [2.05, 4.69) is 15.3 Å². The van der Waals surface area contributed by atoms with E-state index in [0.717, 1.165) is 11.1 Å². The first-order valence-corrected chi connectivity index (χ1v) is 10.5. The third-order valence-electron chi connectivity index (χ3n) is 5.45. The molecule has 1 aromatic carbocycles. The first kappa shape index (κ1) is 24.4. The summed E-state index contributed by atoms with van der Waals surface area (Å²) in [4.78, 5) is 35.7. The highest BCUT2D eigenvalue weighted by Crippen LogP contribution is 2.28. The van der Waals surface area contributed by atoms with Crippen molar-refractivity contribution in [2.75, 3.05) is 32.1 Å². The summed E-state index contributed by atoms with van der Waals surface area (Å²) in [6.07, 6.45) is -5.03. The zero-order valence-electron chi connectivity index (χ0n) is 18.4. The standard InChI is InChI=1S/C21H20F4N6O4/c1-26-17-7-12(3-4-15(17)22)27-20(33)30-6-5-16-14(9-30)18-19(32)29(2)35-13(8-31(18)28-16)10-34-11-21(23,24)25/h3-4,7,13H,5-6,8-11H2,2H3,(H,27,33). The second-order valence-electron chi connectivity index (χ2n) is 8.00. The molecule has 3 amide bonds. The van der Waals surface area contributed by atoms with Gasteiger partial charge >= 0.3 is 12.2 Å². The summed E-state index contributed by atoms with van der Waals surface area (Å²) in [7, 11) is 1.34. The highest BCUT2D eigenvalue weighted by atomic mass is 19.4. The lowest BCUT2D eigenvalue weighted by molar-refractivity contribution is -0.202. The number of ether oxygens (including phenoxy) is 1. The Morgan fingerprint density at radius 1 is 1.40 bits per heavy atom. The van der Waals surface area contributed by atoms with Crippen LogP contribution in [0.4, 0.5) is 33.7 Å². The topological polar surface area (TPSA) is 93.3 Å². The van der Waals surface area contributed by atoms with Gasteiger partial charge in [0.15, 0.2) is 0 Å². The Hall–Kier alpha value is -3.70. The minimum absolute atomic E-state index is 0.0164. The van der Waals surface area contributed by atoms with Gasteiger partial charge < -0.3 is 15.0 Å². The third-order valence-corrected chi connectivity index (χ3v) is 5.45. The van der Waals surface area contributed by atoms with E-state index in [-0.39, 0.29) is 36.7 Å². The molecule has 0 radical (unpaired) electrons. The number of hydrogen-bond donors (Lipinski definition) is 1. The van der Waals surface area contributed by atoms with Gasteiger partial charge in [0.05, 0.1) is 32.0 Å². The van der Waals surface area contributed by atoms with Gasteiger partial charge in [0.1, 0.15) is 24.2 Å². The lowest BCUT2D eigenvalue weighted by atomic mass is 10.1. The summed E-state index contributed by atoms with van der Waals surface area (Å²) in [6.45, 7) is 5.46. The smallest absolute Gasteiger partial charge is 0.369 e. The van der Waals surface area contributed by atoms with E-state index in [4.69, 9.17) is 16.1 Å². The molecule has 35 heavy (non-hydrogen) atoms. The molecule has 0 fully saturated rings. The summed E-state index contributed by atoms with van der Waals surface area (Å²) in [6, 6.07) is 3.12. The quantitative estimate of drug-likeness (QED) is 0.519. The molecule has 2 aliphatic heterocycles. The zero-order chi connectivity index (χ0) is 25.3. The molecule has 0 saturated heterocycles. The predicted octanol–water partition coefficient (Wildman–Crippen LogP) is 3.13. The van der Waals surface area contributed by atoms with Gasteiger partial charge in [0.25, 0.3) is 5.91 Å². The molecule has 1 N–H and O–H groups in total. The minimum Gasteiger partial charge on any atom is -0.369 e. The summed E-state index contributed by atoms with van der Waals surface area (Å²) >= 11 is 0. The Labute approximate surface area is 196 Å². The summed E-state index contributed by atoms with van der Waals surface area (Å²) in [5, 5.41) is 7.97. The van der Waals surface area contributed by atoms with Crippen molar-refractivity contribution in [3.05, 3.63) is 52.4 Å². The van der Waals surface area contributed by atoms with Crippen LogP contribution in [0, 0.1) is 12.4 Å². The van der Waals surface area contributed by atoms with Gasteiger partial charge in [0.2, 0.25) is 5.69 Å². The number of rotatable bonds is 4. The van der Waals surface area contributed by atoms with Crippen LogP contribution in [0.25, 0.3) is 4.85 Å². The van der Waals surface area contributed by atoms with E-state index in [1.165, 1.54) is 28.8 Å². The van der Waals surface area contributed by atoms with E-state index >= 15 is 0 Å². The van der Waals surface area contributed by atoms with Crippen molar-refractivity contribution in [2.24, 2.45) is 0 Å². The van der Waals surface area contributed by atoms with E-state index < -0.39 is 43.2 Å². The molecule has 0 bridgehead atoms. The van der Waals surface area contributed by atoms with Gasteiger partial charge in [-0.05, 0) is 18.2 Å². The first-order chi connectivity index (χ1) is 16.6. The number of carbonyl (C=O) groups is 2. The number of aromatic nitrogens is 2. The van der Waals surface area contributed by atoms with Crippen LogP contribution in [-0.4, -0.2) is 70.8 Å². The average molecular weight is 496 g/mol. The van der Waals surface area contributed by atoms with Crippen molar-refractivity contribution >= 4 is 23.3 Å². The van der Waals surface area contributed by atoms with Gasteiger partial charge in [-0.15, -0.1) is 0 Å². The van der Waals surface area contributed by atoms with Crippen LogP contribution < -0.4 is 5.32 Å². The molecule has 0 aliphatic carbocycles. The molecule has 1 atom stereocenters. The fourth-order valence-corrected chi connectivity index (χ4v) is 3.89. The van der Waals surface area contributed by atoms with Crippen LogP contribution in [0.1, 0.15) is 21.7 Å². The number of anilines is 1. The first-order valence-electron chi connectivity index (χ1n) is 10.5. The van der Waals surface area contributed by atoms with Crippen LogP contribution >= 0.6 is 0 Å². The summed E-state index contributed by atoms with van der Waals surface area (Å²) in [5.41, 5.74) is 1.29. The number of carbonyl (C=O) groups excluding carboxylic acids is 2. The third kappa shape index (κ3) is 5.36. The van der Waals surface area contributed by atoms with Crippen molar-refractivity contribution in [2.45, 2.75) is 31.8 Å². The van der Waals surface area contributed by atoms with Gasteiger partial charge in [-0.25, -0.2) is 19.1 Å². The molecule has 2 aromatic rings. The number of hydroxylamine groups is 2. The van der Waals surface area contributed by atoms with E-state index in [9.17, 15) is 27.2 Å². The molecule has 186 valence electrons. The molecule has 0 spiro atoms. The SMILES string of the molecule is [C-]#[N+]c1cc(NC(=O)N2CCc3nn4c(c3C2)C(=O)N(C)OC(COCC(F)(F)F)C4)ccc1F. The molecule has 4 rings (SSSR count). The predicted molar refractivity (Wildman–Crippen MR) is 112 cm³/mol. The van der Waals surface area contributed by atoms with E-state index in [1.54, 1.807) is 0 Å². The number of amides is 3. The van der Waals surface area contributed by atoms with Gasteiger partial charge in [0, 0.05) is 31.3 Å². The summed E-state index contributed by atoms with van der Waals surface area (Å²) < 4.78 is 56.8. The van der Waals surface area contributed by atoms with Crippen molar-refractivity contribution < 1.29 is 36.7 Å². The molecule has 1 unspecified atom stereocenters. The Morgan fingerprint density at radius 2 is 2.17 bits per heavy atom. The number of alkyl halides is 3. The Balaban J connectivity index is 1.50. The lowest BCUT2D eigenvalue weighted by Crippen LogP contribution is -2.39. The zero-order valence-corrected chi connectivity index (χ0v) is 18.4. The maximum absolute atomic E-state index is 13.6. The number of urea groups is 1. The van der Waals surface area contributed by atoms with Crippen LogP contribution in [0.5, 0.6) is 0 Å². The summed E-state index contributed by atoms with van der Waals surface area (Å²) in [5.74, 6) is -1.25. The second kappa shape index (κ2) is 9.51. The van der Waals surface area contributed by atoms with Crippen molar-refractivity contribution in [1.29, 1.82) is 0 Å². The number of nitrogens with one attached hydrogen (secondary N) is 1. The normalized spacial score (nSPS) is 17.9. The molecular formula is C21H20F4N6O4. The van der Waals surface area contributed by atoms with Crippen LogP contribution in [0.3, 0.4) is 0 Å². The van der Waals surface area contributed by atoms with Crippen molar-refractivity contribution in [3.63, 3.8) is 0 Å². The van der Waals surface area contributed by atoms with Crippen molar-refractivity contribution in [3.8, 4) is 0 Å². The Bertz CT molecular complexity index is 1190. The molecular weight excluding hydrogens is 476 g/mol. The fourth-order valence-electron chi connectivity index (χ4n) is 3.89.